The second kappa shape index (κ2) is 7.58. The van der Waals surface area contributed by atoms with Crippen LogP contribution >= 0.6 is 0 Å². The third-order valence-corrected chi connectivity index (χ3v) is 5.54. The van der Waals surface area contributed by atoms with Crippen molar-refractivity contribution in [3.05, 3.63) is 53.9 Å². The van der Waals surface area contributed by atoms with Crippen LogP contribution in [0.15, 0.2) is 42.7 Å². The number of likely N-dealkylation sites (tertiary alicyclic amines) is 1. The maximum absolute atomic E-state index is 12.9. The molecule has 1 aliphatic heterocycles. The smallest absolute Gasteiger partial charge is 0.255 e. The summed E-state index contributed by atoms with van der Waals surface area (Å²) in [7, 11) is 0. The minimum atomic E-state index is 0.104. The van der Waals surface area contributed by atoms with Gasteiger partial charge in [-0.05, 0) is 56.7 Å². The summed E-state index contributed by atoms with van der Waals surface area (Å²) < 4.78 is 0. The zero-order valence-electron chi connectivity index (χ0n) is 15.4. The maximum Gasteiger partial charge on any atom is 0.255 e. The van der Waals surface area contributed by atoms with Gasteiger partial charge in [0, 0.05) is 37.1 Å². The van der Waals surface area contributed by atoms with Gasteiger partial charge in [-0.2, -0.15) is 0 Å². The first-order valence-corrected chi connectivity index (χ1v) is 9.74. The van der Waals surface area contributed by atoms with Crippen molar-refractivity contribution in [2.75, 3.05) is 19.6 Å². The summed E-state index contributed by atoms with van der Waals surface area (Å²) in [4.78, 5) is 19.2. The van der Waals surface area contributed by atoms with Crippen molar-refractivity contribution < 1.29 is 4.79 Å². The van der Waals surface area contributed by atoms with Crippen LogP contribution in [-0.2, 0) is 0 Å². The lowest BCUT2D eigenvalue weighted by molar-refractivity contribution is 0.0704. The summed E-state index contributed by atoms with van der Waals surface area (Å²) in [5.74, 6) is 1.01. The minimum absolute atomic E-state index is 0.104. The van der Waals surface area contributed by atoms with Crippen molar-refractivity contribution >= 4 is 5.91 Å². The van der Waals surface area contributed by atoms with Crippen molar-refractivity contribution in [2.24, 2.45) is 5.92 Å². The molecule has 1 saturated carbocycles. The van der Waals surface area contributed by atoms with E-state index in [0.717, 1.165) is 49.5 Å². The van der Waals surface area contributed by atoms with Crippen molar-refractivity contribution in [1.29, 1.82) is 0 Å². The van der Waals surface area contributed by atoms with Gasteiger partial charge in [0.15, 0.2) is 0 Å². The van der Waals surface area contributed by atoms with Crippen LogP contribution in [0.25, 0.3) is 11.1 Å². The van der Waals surface area contributed by atoms with Crippen LogP contribution in [-0.4, -0.2) is 41.5 Å². The van der Waals surface area contributed by atoms with Gasteiger partial charge in [0.2, 0.25) is 0 Å². The van der Waals surface area contributed by atoms with Gasteiger partial charge in [0.25, 0.3) is 5.91 Å². The van der Waals surface area contributed by atoms with Gasteiger partial charge in [-0.25, -0.2) is 0 Å². The molecule has 1 aliphatic carbocycles. The molecule has 2 fully saturated rings. The Bertz CT molecular complexity index is 759. The van der Waals surface area contributed by atoms with Crippen LogP contribution in [0.5, 0.6) is 0 Å². The topological polar surface area (TPSA) is 45.2 Å². The van der Waals surface area contributed by atoms with Crippen molar-refractivity contribution in [3.63, 3.8) is 0 Å². The van der Waals surface area contributed by atoms with Gasteiger partial charge in [0.05, 0.1) is 5.56 Å². The lowest BCUT2D eigenvalue weighted by Crippen LogP contribution is -2.45. The molecule has 0 unspecified atom stereocenters. The SMILES string of the molecule is Cc1ccc(-c2cncc(C(=O)N3CCC(NCC4CC4)CC3)c2)cc1. The highest BCUT2D eigenvalue weighted by molar-refractivity contribution is 5.95. The van der Waals surface area contributed by atoms with E-state index in [9.17, 15) is 4.79 Å². The first kappa shape index (κ1) is 17.2. The van der Waals surface area contributed by atoms with Crippen LogP contribution < -0.4 is 5.32 Å². The largest absolute Gasteiger partial charge is 0.338 e. The molecule has 0 radical (unpaired) electrons. The lowest BCUT2D eigenvalue weighted by atomic mass is 10.0. The molecule has 1 amide bonds. The average Bonchev–Trinajstić information content (AvgIpc) is 3.51. The van der Waals surface area contributed by atoms with Gasteiger partial charge < -0.3 is 10.2 Å². The fourth-order valence-electron chi connectivity index (χ4n) is 3.59. The van der Waals surface area contributed by atoms with E-state index < -0.39 is 0 Å². The molecule has 2 heterocycles. The molecule has 4 nitrogen and oxygen atoms in total. The zero-order valence-corrected chi connectivity index (χ0v) is 15.4. The third-order valence-electron chi connectivity index (χ3n) is 5.54. The molecule has 0 atom stereocenters. The van der Waals surface area contributed by atoms with Crippen LogP contribution in [0.1, 0.15) is 41.6 Å². The van der Waals surface area contributed by atoms with Gasteiger partial charge in [-0.3, -0.25) is 9.78 Å². The number of rotatable bonds is 5. The summed E-state index contributed by atoms with van der Waals surface area (Å²) in [5.41, 5.74) is 4.01. The standard InChI is InChI=1S/C22H27N3O/c1-16-2-6-18(7-3-16)19-12-20(15-23-14-19)22(26)25-10-8-21(9-11-25)24-13-17-4-5-17/h2-3,6-7,12,14-15,17,21,24H,4-5,8-11,13H2,1H3. The Morgan fingerprint density at radius 3 is 2.50 bits per heavy atom. The van der Waals surface area contributed by atoms with E-state index in [1.807, 2.05) is 17.2 Å². The number of hydrogen-bond acceptors (Lipinski definition) is 3. The van der Waals surface area contributed by atoms with E-state index in [4.69, 9.17) is 0 Å². The summed E-state index contributed by atoms with van der Waals surface area (Å²) >= 11 is 0. The molecule has 0 bridgehead atoms. The number of nitrogens with zero attached hydrogens (tertiary/aromatic N) is 2. The van der Waals surface area contributed by atoms with E-state index in [1.54, 1.807) is 6.20 Å². The number of amides is 1. The molecule has 4 heteroatoms. The molecule has 1 aromatic carbocycles. The van der Waals surface area contributed by atoms with Gasteiger partial charge in [0.1, 0.15) is 0 Å². The van der Waals surface area contributed by atoms with Gasteiger partial charge in [-0.1, -0.05) is 29.8 Å². The highest BCUT2D eigenvalue weighted by atomic mass is 16.2. The Labute approximate surface area is 155 Å². The Morgan fingerprint density at radius 1 is 1.08 bits per heavy atom. The molecule has 1 aromatic heterocycles. The Kier molecular flexibility index (Phi) is 5.02. The van der Waals surface area contributed by atoms with E-state index in [2.05, 4.69) is 41.5 Å². The molecule has 26 heavy (non-hydrogen) atoms. The molecular formula is C22H27N3O. The lowest BCUT2D eigenvalue weighted by Gasteiger charge is -2.32. The monoisotopic (exact) mass is 349 g/mol. The predicted molar refractivity (Wildman–Crippen MR) is 104 cm³/mol. The predicted octanol–water partition coefficient (Wildman–Crippen LogP) is 3.66. The molecule has 4 rings (SSSR count). The number of hydrogen-bond donors (Lipinski definition) is 1. The van der Waals surface area contributed by atoms with E-state index in [-0.39, 0.29) is 5.91 Å². The summed E-state index contributed by atoms with van der Waals surface area (Å²) in [6.45, 7) is 4.89. The fourth-order valence-corrected chi connectivity index (χ4v) is 3.59. The molecule has 2 aliphatic rings. The molecule has 1 N–H and O–H groups in total. The number of piperidine rings is 1. The highest BCUT2D eigenvalue weighted by Crippen LogP contribution is 2.28. The third kappa shape index (κ3) is 4.13. The highest BCUT2D eigenvalue weighted by Gasteiger charge is 2.26. The summed E-state index contributed by atoms with van der Waals surface area (Å²) in [6.07, 6.45) is 8.38. The quantitative estimate of drug-likeness (QED) is 0.896. The number of carbonyl (C=O) groups is 1. The second-order valence-electron chi connectivity index (χ2n) is 7.75. The number of aromatic nitrogens is 1. The van der Waals surface area contributed by atoms with Crippen LogP contribution in [0, 0.1) is 12.8 Å². The number of aryl methyl sites for hydroxylation is 1. The molecule has 1 saturated heterocycles. The second-order valence-corrected chi connectivity index (χ2v) is 7.75. The Morgan fingerprint density at radius 2 is 1.81 bits per heavy atom. The molecule has 2 aromatic rings. The zero-order chi connectivity index (χ0) is 17.9. The first-order valence-electron chi connectivity index (χ1n) is 9.74. The van der Waals surface area contributed by atoms with Gasteiger partial charge >= 0.3 is 0 Å². The van der Waals surface area contributed by atoms with Gasteiger partial charge in [-0.15, -0.1) is 0 Å². The van der Waals surface area contributed by atoms with Crippen molar-refractivity contribution in [1.82, 2.24) is 15.2 Å². The van der Waals surface area contributed by atoms with Crippen molar-refractivity contribution in [2.45, 2.75) is 38.6 Å². The first-order chi connectivity index (χ1) is 12.7. The Balaban J connectivity index is 1.38. The van der Waals surface area contributed by atoms with E-state index in [0.29, 0.717) is 11.6 Å². The van der Waals surface area contributed by atoms with Crippen LogP contribution in [0.3, 0.4) is 0 Å². The number of pyridine rings is 1. The van der Waals surface area contributed by atoms with Crippen LogP contribution in [0.4, 0.5) is 0 Å². The van der Waals surface area contributed by atoms with Crippen molar-refractivity contribution in [3.8, 4) is 11.1 Å². The summed E-state index contributed by atoms with van der Waals surface area (Å²) in [6, 6.07) is 10.9. The van der Waals surface area contributed by atoms with E-state index >= 15 is 0 Å². The van der Waals surface area contributed by atoms with Crippen LogP contribution in [0.2, 0.25) is 0 Å². The summed E-state index contributed by atoms with van der Waals surface area (Å²) in [5, 5.41) is 3.67. The Hall–Kier alpha value is -2.20. The molecule has 136 valence electrons. The average molecular weight is 349 g/mol. The number of benzene rings is 1. The number of nitrogens with one attached hydrogen (secondary N) is 1. The fraction of sp³-hybridized carbons (Fsp3) is 0.455. The van der Waals surface area contributed by atoms with E-state index in [1.165, 1.54) is 18.4 Å². The molecule has 0 spiro atoms. The number of carbonyl (C=O) groups excluding carboxylic acids is 1. The normalized spacial score (nSPS) is 18.1. The maximum atomic E-state index is 12.9. The molecular weight excluding hydrogens is 322 g/mol. The minimum Gasteiger partial charge on any atom is -0.338 e.